The van der Waals surface area contributed by atoms with Crippen LogP contribution in [0, 0.1) is 0 Å². The molecule has 0 radical (unpaired) electrons. The van der Waals surface area contributed by atoms with Gasteiger partial charge in [0.2, 0.25) is 5.95 Å². The minimum Gasteiger partial charge on any atom is -0.368 e. The van der Waals surface area contributed by atoms with Gasteiger partial charge in [-0.15, -0.1) is 10.2 Å². The van der Waals surface area contributed by atoms with E-state index in [9.17, 15) is 0 Å². The van der Waals surface area contributed by atoms with Gasteiger partial charge in [0.25, 0.3) is 0 Å². The number of aromatic nitrogens is 5. The van der Waals surface area contributed by atoms with Gasteiger partial charge in [-0.05, 0) is 19.4 Å². The first-order chi connectivity index (χ1) is 11.1. The molecule has 0 atom stereocenters. The highest BCUT2D eigenvalue weighted by Gasteiger charge is 2.14. The summed E-state index contributed by atoms with van der Waals surface area (Å²) in [5, 5.41) is 8.96. The summed E-state index contributed by atoms with van der Waals surface area (Å²) in [5.41, 5.74) is 7.13. The van der Waals surface area contributed by atoms with Crippen molar-refractivity contribution in [3.05, 3.63) is 54.1 Å². The van der Waals surface area contributed by atoms with Gasteiger partial charge in [-0.25, -0.2) is 4.98 Å². The van der Waals surface area contributed by atoms with E-state index < -0.39 is 0 Å². The van der Waals surface area contributed by atoms with Gasteiger partial charge >= 0.3 is 0 Å². The Morgan fingerprint density at radius 2 is 1.96 bits per heavy atom. The third-order valence-corrected chi connectivity index (χ3v) is 4.47. The van der Waals surface area contributed by atoms with Crippen molar-refractivity contribution in [2.45, 2.75) is 37.3 Å². The summed E-state index contributed by atoms with van der Waals surface area (Å²) >= 11 is 1.60. The molecule has 120 valence electrons. The molecule has 0 aliphatic carbocycles. The number of nitrogens with zero attached hydrogens (tertiary/aromatic N) is 5. The molecule has 3 aromatic rings. The highest BCUT2D eigenvalue weighted by atomic mass is 32.2. The first-order valence-corrected chi connectivity index (χ1v) is 8.51. The van der Waals surface area contributed by atoms with Crippen LogP contribution in [-0.4, -0.2) is 24.3 Å². The zero-order valence-corrected chi connectivity index (χ0v) is 14.1. The van der Waals surface area contributed by atoms with Gasteiger partial charge in [0.15, 0.2) is 5.16 Å². The van der Waals surface area contributed by atoms with Crippen molar-refractivity contribution in [3.8, 4) is 0 Å². The Kier molecular flexibility index (Phi) is 4.66. The number of imidazole rings is 1. The second kappa shape index (κ2) is 6.87. The molecule has 0 unspecified atom stereocenters. The number of anilines is 1. The molecule has 6 nitrogen and oxygen atoms in total. The normalized spacial score (nSPS) is 11.3. The number of nitrogens with two attached hydrogens (primary N) is 1. The van der Waals surface area contributed by atoms with Crippen LogP contribution in [0.1, 0.15) is 31.3 Å². The SMILES string of the molecule is CC(C)n1c(N)nnc1SCc1nccn1Cc1ccccc1. The van der Waals surface area contributed by atoms with Gasteiger partial charge in [0.05, 0.1) is 5.75 Å². The van der Waals surface area contributed by atoms with E-state index in [1.807, 2.05) is 23.0 Å². The first-order valence-electron chi connectivity index (χ1n) is 7.52. The van der Waals surface area contributed by atoms with Crippen molar-refractivity contribution in [2.75, 3.05) is 5.73 Å². The molecule has 0 aliphatic rings. The number of benzene rings is 1. The van der Waals surface area contributed by atoms with Crippen molar-refractivity contribution < 1.29 is 0 Å². The molecular formula is C16H20N6S. The Balaban J connectivity index is 1.71. The molecule has 0 amide bonds. The highest BCUT2D eigenvalue weighted by molar-refractivity contribution is 7.98. The van der Waals surface area contributed by atoms with E-state index in [1.165, 1.54) is 5.56 Å². The Morgan fingerprint density at radius 1 is 1.17 bits per heavy atom. The van der Waals surface area contributed by atoms with Crippen LogP contribution in [-0.2, 0) is 12.3 Å². The summed E-state index contributed by atoms with van der Waals surface area (Å²) in [6.07, 6.45) is 3.84. The van der Waals surface area contributed by atoms with Gasteiger partial charge in [0, 0.05) is 25.0 Å². The molecule has 23 heavy (non-hydrogen) atoms. The molecule has 0 spiro atoms. The molecule has 0 saturated carbocycles. The third kappa shape index (κ3) is 3.56. The van der Waals surface area contributed by atoms with E-state index in [0.717, 1.165) is 23.3 Å². The van der Waals surface area contributed by atoms with Crippen molar-refractivity contribution in [1.29, 1.82) is 0 Å². The van der Waals surface area contributed by atoms with Crippen LogP contribution >= 0.6 is 11.8 Å². The lowest BCUT2D eigenvalue weighted by Gasteiger charge is -2.12. The highest BCUT2D eigenvalue weighted by Crippen LogP contribution is 2.25. The third-order valence-electron chi connectivity index (χ3n) is 3.54. The second-order valence-electron chi connectivity index (χ2n) is 5.55. The largest absolute Gasteiger partial charge is 0.368 e. The molecule has 7 heteroatoms. The number of nitrogen functional groups attached to an aromatic ring is 1. The van der Waals surface area contributed by atoms with Gasteiger partial charge in [0.1, 0.15) is 5.82 Å². The van der Waals surface area contributed by atoms with Crippen molar-refractivity contribution in [3.63, 3.8) is 0 Å². The summed E-state index contributed by atoms with van der Waals surface area (Å²) < 4.78 is 4.09. The second-order valence-corrected chi connectivity index (χ2v) is 6.49. The fraction of sp³-hybridized carbons (Fsp3) is 0.312. The predicted molar refractivity (Wildman–Crippen MR) is 92.2 cm³/mol. The fourth-order valence-corrected chi connectivity index (χ4v) is 3.45. The molecule has 2 heterocycles. The van der Waals surface area contributed by atoms with Crippen LogP contribution in [0.15, 0.2) is 47.9 Å². The summed E-state index contributed by atoms with van der Waals surface area (Å²) in [6, 6.07) is 10.6. The van der Waals surface area contributed by atoms with E-state index in [1.54, 1.807) is 11.8 Å². The maximum absolute atomic E-state index is 5.88. The van der Waals surface area contributed by atoms with Gasteiger partial charge < -0.3 is 10.3 Å². The smallest absolute Gasteiger partial charge is 0.222 e. The molecule has 0 fully saturated rings. The lowest BCUT2D eigenvalue weighted by atomic mass is 10.2. The average Bonchev–Trinajstić information content (AvgIpc) is 3.12. The lowest BCUT2D eigenvalue weighted by molar-refractivity contribution is 0.557. The lowest BCUT2D eigenvalue weighted by Crippen LogP contribution is -2.08. The van der Waals surface area contributed by atoms with Crippen LogP contribution in [0.5, 0.6) is 0 Å². The van der Waals surface area contributed by atoms with Crippen LogP contribution in [0.25, 0.3) is 0 Å². The van der Waals surface area contributed by atoms with E-state index in [-0.39, 0.29) is 6.04 Å². The molecule has 1 aromatic carbocycles. The minimum atomic E-state index is 0.233. The van der Waals surface area contributed by atoms with Gasteiger partial charge in [-0.1, -0.05) is 42.1 Å². The van der Waals surface area contributed by atoms with Crippen molar-refractivity contribution in [2.24, 2.45) is 0 Å². The van der Waals surface area contributed by atoms with E-state index >= 15 is 0 Å². The minimum absolute atomic E-state index is 0.233. The number of thioether (sulfide) groups is 1. The maximum Gasteiger partial charge on any atom is 0.222 e. The molecule has 3 rings (SSSR count). The molecule has 0 bridgehead atoms. The number of hydrogen-bond donors (Lipinski definition) is 1. The summed E-state index contributed by atoms with van der Waals surface area (Å²) in [7, 11) is 0. The summed E-state index contributed by atoms with van der Waals surface area (Å²) in [5.74, 6) is 2.19. The predicted octanol–water partition coefficient (Wildman–Crippen LogP) is 2.98. The van der Waals surface area contributed by atoms with Crippen molar-refractivity contribution >= 4 is 17.7 Å². The summed E-state index contributed by atoms with van der Waals surface area (Å²) in [4.78, 5) is 4.46. The molecule has 0 saturated heterocycles. The van der Waals surface area contributed by atoms with Gasteiger partial charge in [-0.2, -0.15) is 0 Å². The number of rotatable bonds is 6. The fourth-order valence-electron chi connectivity index (χ4n) is 2.41. The first kappa shape index (κ1) is 15.6. The standard InChI is InChI=1S/C16H20N6S/c1-12(2)22-15(17)19-20-16(22)23-11-14-18-8-9-21(14)10-13-6-4-3-5-7-13/h3-9,12H,10-11H2,1-2H3,(H2,17,19). The van der Waals surface area contributed by atoms with E-state index in [2.05, 4.69) is 57.9 Å². The van der Waals surface area contributed by atoms with Gasteiger partial charge in [-0.3, -0.25) is 4.57 Å². The molecular weight excluding hydrogens is 308 g/mol. The van der Waals surface area contributed by atoms with E-state index in [4.69, 9.17) is 5.73 Å². The van der Waals surface area contributed by atoms with Crippen molar-refractivity contribution in [1.82, 2.24) is 24.3 Å². The van der Waals surface area contributed by atoms with Crippen LogP contribution in [0.4, 0.5) is 5.95 Å². The van der Waals surface area contributed by atoms with E-state index in [0.29, 0.717) is 5.95 Å². The zero-order chi connectivity index (χ0) is 16.2. The number of hydrogen-bond acceptors (Lipinski definition) is 5. The van der Waals surface area contributed by atoms with Crippen LogP contribution in [0.3, 0.4) is 0 Å². The Hall–Kier alpha value is -2.28. The molecule has 0 aliphatic heterocycles. The molecule has 2 N–H and O–H groups in total. The Morgan fingerprint density at radius 3 is 2.70 bits per heavy atom. The average molecular weight is 328 g/mol. The molecule has 2 aromatic heterocycles. The maximum atomic E-state index is 5.88. The quantitative estimate of drug-likeness (QED) is 0.704. The van der Waals surface area contributed by atoms with Crippen LogP contribution < -0.4 is 5.73 Å². The van der Waals surface area contributed by atoms with Crippen LogP contribution in [0.2, 0.25) is 0 Å². The Bertz CT molecular complexity index is 762. The zero-order valence-electron chi connectivity index (χ0n) is 13.3. The topological polar surface area (TPSA) is 74.6 Å². The Labute approximate surface area is 139 Å². The summed E-state index contributed by atoms with van der Waals surface area (Å²) in [6.45, 7) is 4.95. The monoisotopic (exact) mass is 328 g/mol.